The number of hydrogen-bond acceptors (Lipinski definition) is 3. The molecule has 0 saturated heterocycles. The molecule has 14 heavy (non-hydrogen) atoms. The molecule has 0 unspecified atom stereocenters. The van der Waals surface area contributed by atoms with E-state index in [4.69, 9.17) is 11.6 Å². The lowest BCUT2D eigenvalue weighted by Crippen LogP contribution is -2.07. The van der Waals surface area contributed by atoms with Crippen LogP contribution in [0.3, 0.4) is 0 Å². The number of ether oxygens (including phenoxy) is 1. The van der Waals surface area contributed by atoms with E-state index in [1.54, 1.807) is 6.92 Å². The Hall–Kier alpha value is -1.16. The van der Waals surface area contributed by atoms with E-state index in [1.165, 1.54) is 13.1 Å². The largest absolute Gasteiger partial charge is 0.462 e. The van der Waals surface area contributed by atoms with Crippen molar-refractivity contribution in [2.75, 3.05) is 6.61 Å². The van der Waals surface area contributed by atoms with E-state index in [9.17, 15) is 9.18 Å². The number of rotatable bonds is 2. The number of aromatic nitrogens is 1. The van der Waals surface area contributed by atoms with Gasteiger partial charge in [0.15, 0.2) is 5.82 Å². The standard InChI is InChI=1S/C9H9ClFNO2/c1-3-14-9(13)6-4-12-5(2)8(11)7(6)10/h4H,3H2,1-2H3. The molecule has 0 aliphatic carbocycles. The number of halogens is 2. The average molecular weight is 218 g/mol. The van der Waals surface area contributed by atoms with Gasteiger partial charge < -0.3 is 4.74 Å². The Labute approximate surface area is 85.9 Å². The van der Waals surface area contributed by atoms with Gasteiger partial charge in [0.2, 0.25) is 0 Å². The van der Waals surface area contributed by atoms with Crippen molar-refractivity contribution in [3.8, 4) is 0 Å². The summed E-state index contributed by atoms with van der Waals surface area (Å²) in [5, 5.41) is -0.240. The Morgan fingerprint density at radius 2 is 2.36 bits per heavy atom. The molecule has 3 nitrogen and oxygen atoms in total. The highest BCUT2D eigenvalue weighted by atomic mass is 35.5. The number of carbonyl (C=O) groups is 1. The Morgan fingerprint density at radius 1 is 1.71 bits per heavy atom. The Morgan fingerprint density at radius 3 is 2.93 bits per heavy atom. The highest BCUT2D eigenvalue weighted by Gasteiger charge is 2.17. The maximum Gasteiger partial charge on any atom is 0.341 e. The summed E-state index contributed by atoms with van der Waals surface area (Å²) in [6, 6.07) is 0. The average Bonchev–Trinajstić information content (AvgIpc) is 2.15. The van der Waals surface area contributed by atoms with E-state index < -0.39 is 11.8 Å². The zero-order valence-electron chi connectivity index (χ0n) is 7.80. The van der Waals surface area contributed by atoms with Gasteiger partial charge in [-0.05, 0) is 13.8 Å². The van der Waals surface area contributed by atoms with Gasteiger partial charge in [-0.25, -0.2) is 9.18 Å². The number of esters is 1. The lowest BCUT2D eigenvalue weighted by molar-refractivity contribution is 0.0525. The SMILES string of the molecule is CCOC(=O)c1cnc(C)c(F)c1Cl. The molecule has 0 spiro atoms. The second kappa shape index (κ2) is 4.37. The van der Waals surface area contributed by atoms with Crippen LogP contribution in [0.15, 0.2) is 6.20 Å². The van der Waals surface area contributed by atoms with E-state index >= 15 is 0 Å². The Bertz CT molecular complexity index is 368. The van der Waals surface area contributed by atoms with Crippen LogP contribution in [0, 0.1) is 12.7 Å². The minimum atomic E-state index is -0.683. The molecule has 0 aliphatic rings. The molecular weight excluding hydrogens is 209 g/mol. The number of pyridine rings is 1. The number of hydrogen-bond donors (Lipinski definition) is 0. The monoisotopic (exact) mass is 217 g/mol. The van der Waals surface area contributed by atoms with Gasteiger partial charge >= 0.3 is 5.97 Å². The molecule has 1 rings (SSSR count). The highest BCUT2D eigenvalue weighted by molar-refractivity contribution is 6.33. The van der Waals surface area contributed by atoms with E-state index in [-0.39, 0.29) is 22.9 Å². The van der Waals surface area contributed by atoms with Gasteiger partial charge in [0.1, 0.15) is 0 Å². The van der Waals surface area contributed by atoms with Gasteiger partial charge in [-0.1, -0.05) is 11.6 Å². The van der Waals surface area contributed by atoms with Gasteiger partial charge in [-0.2, -0.15) is 0 Å². The van der Waals surface area contributed by atoms with E-state index in [0.717, 1.165) is 0 Å². The first kappa shape index (κ1) is 10.9. The summed E-state index contributed by atoms with van der Waals surface area (Å²) < 4.78 is 17.9. The fraction of sp³-hybridized carbons (Fsp3) is 0.333. The molecule has 5 heteroatoms. The van der Waals surface area contributed by atoms with Crippen LogP contribution in [0.4, 0.5) is 4.39 Å². The quantitative estimate of drug-likeness (QED) is 0.714. The molecule has 1 aromatic rings. The summed E-state index contributed by atoms with van der Waals surface area (Å²) >= 11 is 5.61. The lowest BCUT2D eigenvalue weighted by Gasteiger charge is -2.05. The zero-order valence-corrected chi connectivity index (χ0v) is 8.56. The first-order valence-corrected chi connectivity index (χ1v) is 4.43. The summed E-state index contributed by atoms with van der Waals surface area (Å²) in [4.78, 5) is 14.9. The third kappa shape index (κ3) is 2.01. The van der Waals surface area contributed by atoms with Crippen molar-refractivity contribution in [3.63, 3.8) is 0 Å². The van der Waals surface area contributed by atoms with Crippen molar-refractivity contribution < 1.29 is 13.9 Å². The summed E-state index contributed by atoms with van der Waals surface area (Å²) in [7, 11) is 0. The van der Waals surface area contributed by atoms with E-state index in [1.807, 2.05) is 0 Å². The Balaban J connectivity index is 3.11. The lowest BCUT2D eigenvalue weighted by atomic mass is 10.2. The third-order valence-corrected chi connectivity index (χ3v) is 2.00. The Kier molecular flexibility index (Phi) is 3.41. The van der Waals surface area contributed by atoms with Crippen LogP contribution >= 0.6 is 11.6 Å². The molecule has 0 aromatic carbocycles. The number of aryl methyl sites for hydroxylation is 1. The first-order chi connectivity index (χ1) is 6.57. The van der Waals surface area contributed by atoms with Gasteiger partial charge in [-0.3, -0.25) is 4.98 Å². The minimum Gasteiger partial charge on any atom is -0.462 e. The predicted molar refractivity (Wildman–Crippen MR) is 49.9 cm³/mol. The third-order valence-electron chi connectivity index (χ3n) is 1.63. The van der Waals surface area contributed by atoms with Gasteiger partial charge in [0.25, 0.3) is 0 Å². The van der Waals surface area contributed by atoms with Crippen molar-refractivity contribution in [1.29, 1.82) is 0 Å². The van der Waals surface area contributed by atoms with Crippen molar-refractivity contribution in [1.82, 2.24) is 4.98 Å². The van der Waals surface area contributed by atoms with E-state index in [0.29, 0.717) is 0 Å². The summed E-state index contributed by atoms with van der Waals surface area (Å²) in [5.41, 5.74) is 0.111. The van der Waals surface area contributed by atoms with Crippen LogP contribution < -0.4 is 0 Å². The van der Waals surface area contributed by atoms with Gasteiger partial charge in [-0.15, -0.1) is 0 Å². The molecule has 0 aliphatic heterocycles. The zero-order chi connectivity index (χ0) is 10.7. The maximum absolute atomic E-state index is 13.2. The molecule has 0 radical (unpaired) electrons. The second-order valence-electron chi connectivity index (χ2n) is 2.61. The fourth-order valence-electron chi connectivity index (χ4n) is 0.903. The first-order valence-electron chi connectivity index (χ1n) is 4.05. The van der Waals surface area contributed by atoms with Gasteiger partial charge in [0, 0.05) is 6.20 Å². The maximum atomic E-state index is 13.2. The molecule has 1 aromatic heterocycles. The molecule has 0 amide bonds. The molecule has 76 valence electrons. The van der Waals surface area contributed by atoms with Crippen LogP contribution in [-0.2, 0) is 4.74 Å². The molecule has 0 atom stereocenters. The van der Waals surface area contributed by atoms with E-state index in [2.05, 4.69) is 9.72 Å². The van der Waals surface area contributed by atoms with Crippen molar-refractivity contribution in [2.24, 2.45) is 0 Å². The van der Waals surface area contributed by atoms with Crippen molar-refractivity contribution in [2.45, 2.75) is 13.8 Å². The van der Waals surface area contributed by atoms with Crippen LogP contribution in [-0.4, -0.2) is 17.6 Å². The summed E-state index contributed by atoms with van der Waals surface area (Å²) in [6.07, 6.45) is 1.21. The smallest absolute Gasteiger partial charge is 0.341 e. The van der Waals surface area contributed by atoms with Crippen LogP contribution in [0.25, 0.3) is 0 Å². The fourth-order valence-corrected chi connectivity index (χ4v) is 1.17. The molecule has 1 heterocycles. The molecule has 0 bridgehead atoms. The minimum absolute atomic E-state index is 0.0448. The number of carbonyl (C=O) groups excluding carboxylic acids is 1. The summed E-state index contributed by atoms with van der Waals surface area (Å²) in [5.74, 6) is -1.35. The molecular formula is C9H9ClFNO2. The van der Waals surface area contributed by atoms with Crippen LogP contribution in [0.5, 0.6) is 0 Å². The number of nitrogens with zero attached hydrogens (tertiary/aromatic N) is 1. The van der Waals surface area contributed by atoms with Crippen molar-refractivity contribution in [3.05, 3.63) is 28.3 Å². The van der Waals surface area contributed by atoms with Crippen LogP contribution in [0.1, 0.15) is 23.0 Å². The predicted octanol–water partition coefficient (Wildman–Crippen LogP) is 2.36. The molecule has 0 N–H and O–H groups in total. The topological polar surface area (TPSA) is 39.2 Å². The second-order valence-corrected chi connectivity index (χ2v) is 2.98. The highest BCUT2D eigenvalue weighted by Crippen LogP contribution is 2.21. The molecule has 0 fully saturated rings. The van der Waals surface area contributed by atoms with Crippen LogP contribution in [0.2, 0.25) is 5.02 Å². The summed E-state index contributed by atoms with van der Waals surface area (Å²) in [6.45, 7) is 3.34. The molecule has 0 saturated carbocycles. The normalized spacial score (nSPS) is 10.0. The van der Waals surface area contributed by atoms with Gasteiger partial charge in [0.05, 0.1) is 22.9 Å². The van der Waals surface area contributed by atoms with Crippen molar-refractivity contribution >= 4 is 17.6 Å².